The Kier molecular flexibility index (Phi) is 5.45. The molecule has 2 rings (SSSR count). The maximum atomic E-state index is 12.1. The number of hydrogen-bond donors (Lipinski definition) is 2. The number of rotatable bonds is 5. The van der Waals surface area contributed by atoms with Gasteiger partial charge < -0.3 is 15.2 Å². The Labute approximate surface area is 138 Å². The average Bonchev–Trinajstić information content (AvgIpc) is 2.41. The van der Waals surface area contributed by atoms with E-state index in [4.69, 9.17) is 23.2 Å². The molecule has 5 nitrogen and oxygen atoms in total. The second kappa shape index (κ2) is 7.13. The molecular formula is C15H17Cl2N3O2. The molecule has 2 aromatic rings. The van der Waals surface area contributed by atoms with Gasteiger partial charge in [-0.25, -0.2) is 0 Å². The lowest BCUT2D eigenvalue weighted by Gasteiger charge is -2.10. The highest BCUT2D eigenvalue weighted by atomic mass is 35.5. The minimum absolute atomic E-state index is 0.195. The van der Waals surface area contributed by atoms with E-state index in [2.05, 4.69) is 10.3 Å². The highest BCUT2D eigenvalue weighted by Crippen LogP contribution is 2.24. The fourth-order valence-corrected chi connectivity index (χ4v) is 2.71. The van der Waals surface area contributed by atoms with Gasteiger partial charge in [0.15, 0.2) is 5.43 Å². The van der Waals surface area contributed by atoms with Crippen molar-refractivity contribution in [3.8, 4) is 0 Å². The van der Waals surface area contributed by atoms with Crippen molar-refractivity contribution >= 4 is 40.0 Å². The van der Waals surface area contributed by atoms with Crippen molar-refractivity contribution in [1.82, 2.24) is 15.2 Å². The van der Waals surface area contributed by atoms with Gasteiger partial charge >= 0.3 is 0 Å². The molecule has 0 fully saturated rings. The summed E-state index contributed by atoms with van der Waals surface area (Å²) in [5.41, 5.74) is 0.331. The number of hydrogen-bond acceptors (Lipinski definition) is 3. The Morgan fingerprint density at radius 1 is 1.27 bits per heavy atom. The molecule has 0 aliphatic heterocycles. The van der Waals surface area contributed by atoms with Crippen molar-refractivity contribution in [3.05, 3.63) is 44.2 Å². The quantitative estimate of drug-likeness (QED) is 0.821. The van der Waals surface area contributed by atoms with Gasteiger partial charge in [-0.15, -0.1) is 0 Å². The predicted molar refractivity (Wildman–Crippen MR) is 90.1 cm³/mol. The molecule has 1 heterocycles. The molecule has 0 atom stereocenters. The van der Waals surface area contributed by atoms with Crippen molar-refractivity contribution in [2.45, 2.75) is 6.42 Å². The molecule has 0 unspecified atom stereocenters. The largest absolute Gasteiger partial charge is 0.351 e. The molecule has 0 spiro atoms. The average molecular weight is 342 g/mol. The first-order chi connectivity index (χ1) is 10.4. The third kappa shape index (κ3) is 4.00. The molecule has 0 radical (unpaired) electrons. The molecule has 2 N–H and O–H groups in total. The Morgan fingerprint density at radius 3 is 2.68 bits per heavy atom. The molecule has 1 amide bonds. The number of nitrogens with zero attached hydrogens (tertiary/aromatic N) is 1. The summed E-state index contributed by atoms with van der Waals surface area (Å²) in [5.74, 6) is -0.325. The zero-order chi connectivity index (χ0) is 16.3. The number of halogens is 2. The number of nitrogens with one attached hydrogen (secondary N) is 2. The summed E-state index contributed by atoms with van der Waals surface area (Å²) < 4.78 is 0. The number of fused-ring (bicyclic) bond motifs is 1. The van der Waals surface area contributed by atoms with Crippen LogP contribution in [0.1, 0.15) is 16.9 Å². The van der Waals surface area contributed by atoms with Crippen molar-refractivity contribution < 1.29 is 4.79 Å². The van der Waals surface area contributed by atoms with E-state index in [1.54, 1.807) is 6.07 Å². The lowest BCUT2D eigenvalue weighted by molar-refractivity contribution is 0.0947. The summed E-state index contributed by atoms with van der Waals surface area (Å²) in [6.45, 7) is 1.41. The van der Waals surface area contributed by atoms with E-state index in [0.29, 0.717) is 22.5 Å². The molecular weight excluding hydrogens is 325 g/mol. The van der Waals surface area contributed by atoms with Crippen LogP contribution in [-0.2, 0) is 0 Å². The van der Waals surface area contributed by atoms with Crippen LogP contribution in [0.15, 0.2) is 23.0 Å². The molecule has 1 aromatic heterocycles. The van der Waals surface area contributed by atoms with Crippen LogP contribution >= 0.6 is 23.2 Å². The van der Waals surface area contributed by atoms with Crippen LogP contribution in [0.2, 0.25) is 10.0 Å². The van der Waals surface area contributed by atoms with Gasteiger partial charge in [0.05, 0.1) is 15.9 Å². The van der Waals surface area contributed by atoms with E-state index in [0.717, 1.165) is 13.0 Å². The summed E-state index contributed by atoms with van der Waals surface area (Å²) in [6, 6.07) is 4.33. The minimum Gasteiger partial charge on any atom is -0.351 e. The number of aromatic nitrogens is 1. The number of H-pyrrole nitrogens is 1. The summed E-state index contributed by atoms with van der Waals surface area (Å²) in [5, 5.41) is 3.77. The van der Waals surface area contributed by atoms with Crippen molar-refractivity contribution in [3.63, 3.8) is 0 Å². The molecule has 0 aliphatic carbocycles. The number of carbonyl (C=O) groups is 1. The predicted octanol–water partition coefficient (Wildman–Crippen LogP) is 2.52. The topological polar surface area (TPSA) is 65.2 Å². The standard InChI is InChI=1S/C15H17Cl2N3O2/c1-20(2)5-3-4-18-15(22)12-8-13(21)14-10(17)6-9(16)7-11(14)19-12/h6-8H,3-5H2,1-2H3,(H,18,22)(H,19,21). The Bertz CT molecular complexity index is 756. The minimum atomic E-state index is -0.325. The van der Waals surface area contributed by atoms with Gasteiger partial charge in [-0.1, -0.05) is 23.2 Å². The van der Waals surface area contributed by atoms with Crippen LogP contribution in [-0.4, -0.2) is 43.0 Å². The number of benzene rings is 1. The zero-order valence-electron chi connectivity index (χ0n) is 12.4. The smallest absolute Gasteiger partial charge is 0.267 e. The van der Waals surface area contributed by atoms with E-state index in [1.807, 2.05) is 19.0 Å². The van der Waals surface area contributed by atoms with Crippen LogP contribution in [0.5, 0.6) is 0 Å². The number of amides is 1. The summed E-state index contributed by atoms with van der Waals surface area (Å²) in [4.78, 5) is 29.2. The van der Waals surface area contributed by atoms with Gasteiger partial charge in [0.2, 0.25) is 0 Å². The molecule has 0 saturated carbocycles. The lowest BCUT2D eigenvalue weighted by Crippen LogP contribution is -2.28. The van der Waals surface area contributed by atoms with E-state index in [-0.39, 0.29) is 22.1 Å². The van der Waals surface area contributed by atoms with Crippen LogP contribution in [0.3, 0.4) is 0 Å². The first-order valence-electron chi connectivity index (χ1n) is 6.83. The summed E-state index contributed by atoms with van der Waals surface area (Å²) >= 11 is 12.0. The van der Waals surface area contributed by atoms with Crippen molar-refractivity contribution in [2.75, 3.05) is 27.2 Å². The van der Waals surface area contributed by atoms with Crippen molar-refractivity contribution in [1.29, 1.82) is 0 Å². The van der Waals surface area contributed by atoms with Gasteiger partial charge in [0.1, 0.15) is 5.69 Å². The van der Waals surface area contributed by atoms with E-state index in [9.17, 15) is 9.59 Å². The summed E-state index contributed by atoms with van der Waals surface area (Å²) in [6.07, 6.45) is 0.828. The number of carbonyl (C=O) groups excluding carboxylic acids is 1. The SMILES string of the molecule is CN(C)CCCNC(=O)c1cc(=O)c2c(Cl)cc(Cl)cc2[nH]1. The van der Waals surface area contributed by atoms with E-state index < -0.39 is 0 Å². The third-order valence-electron chi connectivity index (χ3n) is 3.16. The van der Waals surface area contributed by atoms with Gasteiger partial charge in [-0.2, -0.15) is 0 Å². The fraction of sp³-hybridized carbons (Fsp3) is 0.333. The highest BCUT2D eigenvalue weighted by Gasteiger charge is 2.12. The molecule has 0 aliphatic rings. The number of pyridine rings is 1. The first kappa shape index (κ1) is 16.8. The van der Waals surface area contributed by atoms with Gasteiger partial charge in [0, 0.05) is 17.6 Å². The summed E-state index contributed by atoms with van der Waals surface area (Å²) in [7, 11) is 3.94. The van der Waals surface area contributed by atoms with E-state index in [1.165, 1.54) is 12.1 Å². The number of aromatic amines is 1. The molecule has 1 aromatic carbocycles. The molecule has 0 saturated heterocycles. The maximum Gasteiger partial charge on any atom is 0.267 e. The van der Waals surface area contributed by atoms with Crippen LogP contribution in [0.4, 0.5) is 0 Å². The fourth-order valence-electron chi connectivity index (χ4n) is 2.12. The molecule has 22 heavy (non-hydrogen) atoms. The molecule has 118 valence electrons. The van der Waals surface area contributed by atoms with Crippen LogP contribution in [0.25, 0.3) is 10.9 Å². The van der Waals surface area contributed by atoms with Crippen LogP contribution < -0.4 is 10.7 Å². The molecule has 0 bridgehead atoms. The Balaban J connectivity index is 2.22. The monoisotopic (exact) mass is 341 g/mol. The first-order valence-corrected chi connectivity index (χ1v) is 7.59. The maximum absolute atomic E-state index is 12.1. The lowest BCUT2D eigenvalue weighted by atomic mass is 10.2. The second-order valence-corrected chi connectivity index (χ2v) is 6.11. The van der Waals surface area contributed by atoms with Gasteiger partial charge in [-0.3, -0.25) is 9.59 Å². The Morgan fingerprint density at radius 2 is 2.00 bits per heavy atom. The molecule has 7 heteroatoms. The second-order valence-electron chi connectivity index (χ2n) is 5.27. The van der Waals surface area contributed by atoms with Gasteiger partial charge in [-0.05, 0) is 39.2 Å². The Hall–Kier alpha value is -1.56. The van der Waals surface area contributed by atoms with Crippen LogP contribution in [0, 0.1) is 0 Å². The van der Waals surface area contributed by atoms with Crippen molar-refractivity contribution in [2.24, 2.45) is 0 Å². The zero-order valence-corrected chi connectivity index (χ0v) is 13.9. The highest BCUT2D eigenvalue weighted by molar-refractivity contribution is 6.38. The normalized spacial score (nSPS) is 11.1. The van der Waals surface area contributed by atoms with E-state index >= 15 is 0 Å². The van der Waals surface area contributed by atoms with Gasteiger partial charge in [0.25, 0.3) is 5.91 Å². The third-order valence-corrected chi connectivity index (χ3v) is 3.67.